The number of carboxylic acids is 1. The Balaban J connectivity index is 1.21. The summed E-state index contributed by atoms with van der Waals surface area (Å²) in [5.74, 6) is -0.999. The zero-order valence-electron chi connectivity index (χ0n) is 18.7. The van der Waals surface area contributed by atoms with E-state index in [-0.39, 0.29) is 18.4 Å². The number of carbonyl (C=O) groups is 3. The smallest absolute Gasteiger partial charge is 0.408 e. The number of alkyl carbamates (subject to hydrolysis) is 1. The number of nitrogens with zero attached hydrogens (tertiary/aromatic N) is 1. The molecule has 2 fully saturated rings. The quantitative estimate of drug-likeness (QED) is 0.726. The first kappa shape index (κ1) is 21.5. The van der Waals surface area contributed by atoms with E-state index >= 15 is 0 Å². The summed E-state index contributed by atoms with van der Waals surface area (Å²) in [6.07, 6.45) is 1.38. The molecule has 2 aromatic carbocycles. The molecule has 1 saturated carbocycles. The van der Waals surface area contributed by atoms with Crippen LogP contribution in [0.25, 0.3) is 11.1 Å². The van der Waals surface area contributed by atoms with Crippen molar-refractivity contribution in [2.75, 3.05) is 19.7 Å². The molecule has 2 N–H and O–H groups in total. The number of benzene rings is 2. The molecule has 3 aliphatic rings. The number of carbonyl (C=O) groups excluding carboxylic acids is 2. The van der Waals surface area contributed by atoms with Crippen LogP contribution in [0.4, 0.5) is 4.79 Å². The van der Waals surface area contributed by atoms with Crippen LogP contribution in [-0.4, -0.2) is 53.2 Å². The third-order valence-electron chi connectivity index (χ3n) is 7.51. The van der Waals surface area contributed by atoms with Gasteiger partial charge < -0.3 is 20.1 Å². The number of nitrogens with one attached hydrogen (secondary N) is 1. The zero-order chi connectivity index (χ0) is 23.2. The van der Waals surface area contributed by atoms with Crippen molar-refractivity contribution in [2.24, 2.45) is 5.41 Å². The van der Waals surface area contributed by atoms with E-state index in [0.717, 1.165) is 22.3 Å². The Labute approximate surface area is 192 Å². The van der Waals surface area contributed by atoms with Gasteiger partial charge in [0.25, 0.3) is 0 Å². The van der Waals surface area contributed by atoms with Crippen LogP contribution in [0.5, 0.6) is 0 Å². The highest BCUT2D eigenvalue weighted by Crippen LogP contribution is 2.45. The highest BCUT2D eigenvalue weighted by atomic mass is 16.5. The van der Waals surface area contributed by atoms with Crippen LogP contribution in [0.1, 0.15) is 49.7 Å². The Morgan fingerprint density at radius 2 is 1.52 bits per heavy atom. The lowest BCUT2D eigenvalue weighted by Crippen LogP contribution is -2.54. The van der Waals surface area contributed by atoms with Crippen molar-refractivity contribution in [3.8, 4) is 11.1 Å². The molecule has 1 saturated heterocycles. The molecular weight excluding hydrogens is 420 g/mol. The Kier molecular flexibility index (Phi) is 5.15. The minimum absolute atomic E-state index is 0.0372. The third-order valence-corrected chi connectivity index (χ3v) is 7.51. The van der Waals surface area contributed by atoms with Crippen molar-refractivity contribution in [1.29, 1.82) is 0 Å². The van der Waals surface area contributed by atoms with Gasteiger partial charge in [0, 0.05) is 19.0 Å². The molecule has 2 aromatic rings. The molecule has 0 atom stereocenters. The summed E-state index contributed by atoms with van der Waals surface area (Å²) in [6, 6.07) is 16.3. The number of hydrogen-bond acceptors (Lipinski definition) is 4. The first-order chi connectivity index (χ1) is 15.8. The average molecular weight is 449 g/mol. The summed E-state index contributed by atoms with van der Waals surface area (Å²) in [4.78, 5) is 38.9. The van der Waals surface area contributed by atoms with Gasteiger partial charge in [-0.1, -0.05) is 48.5 Å². The van der Waals surface area contributed by atoms with Crippen molar-refractivity contribution >= 4 is 18.0 Å². The van der Waals surface area contributed by atoms with Crippen LogP contribution in [0.3, 0.4) is 0 Å². The lowest BCUT2D eigenvalue weighted by atomic mass is 9.80. The van der Waals surface area contributed by atoms with Gasteiger partial charge in [-0.05, 0) is 54.9 Å². The standard InChI is InChI=1S/C26H28N2O5/c1-25(23(30)31)12-14-28(15-13-25)22(29)26(10-11-26)27-24(32)33-16-21-19-8-4-2-6-17(19)18-7-3-5-9-20(18)21/h2-9,21H,10-16H2,1H3,(H,27,32)(H,30,31). The number of ether oxygens (including phenoxy) is 1. The maximum absolute atomic E-state index is 13.1. The maximum Gasteiger partial charge on any atom is 0.408 e. The van der Waals surface area contributed by atoms with E-state index in [2.05, 4.69) is 29.6 Å². The number of carboxylic acid groups (broad SMARTS) is 1. The summed E-state index contributed by atoms with van der Waals surface area (Å²) < 4.78 is 5.62. The van der Waals surface area contributed by atoms with Gasteiger partial charge in [0.05, 0.1) is 5.41 Å². The summed E-state index contributed by atoms with van der Waals surface area (Å²) in [5, 5.41) is 12.2. The number of aliphatic carboxylic acids is 1. The third kappa shape index (κ3) is 3.75. The molecule has 5 rings (SSSR count). The molecule has 2 amide bonds. The number of hydrogen-bond donors (Lipinski definition) is 2. The molecule has 7 nitrogen and oxygen atoms in total. The van der Waals surface area contributed by atoms with E-state index in [1.807, 2.05) is 24.3 Å². The Morgan fingerprint density at radius 1 is 0.970 bits per heavy atom. The number of piperidine rings is 1. The maximum atomic E-state index is 13.1. The van der Waals surface area contributed by atoms with E-state index in [9.17, 15) is 19.5 Å². The summed E-state index contributed by atoms with van der Waals surface area (Å²) >= 11 is 0. The summed E-state index contributed by atoms with van der Waals surface area (Å²) in [5.41, 5.74) is 2.88. The van der Waals surface area contributed by atoms with Crippen LogP contribution in [0, 0.1) is 5.41 Å². The topological polar surface area (TPSA) is 95.9 Å². The van der Waals surface area contributed by atoms with E-state index in [1.165, 1.54) is 0 Å². The molecule has 0 spiro atoms. The molecule has 0 bridgehead atoms. The summed E-state index contributed by atoms with van der Waals surface area (Å²) in [6.45, 7) is 2.69. The molecule has 0 radical (unpaired) electrons. The van der Waals surface area contributed by atoms with Crippen LogP contribution in [0.15, 0.2) is 48.5 Å². The lowest BCUT2D eigenvalue weighted by Gasteiger charge is -2.38. The monoisotopic (exact) mass is 448 g/mol. The van der Waals surface area contributed by atoms with Crippen LogP contribution in [-0.2, 0) is 14.3 Å². The van der Waals surface area contributed by atoms with Crippen LogP contribution in [0.2, 0.25) is 0 Å². The predicted octanol–water partition coefficient (Wildman–Crippen LogP) is 3.77. The molecule has 0 aromatic heterocycles. The second kappa shape index (κ2) is 7.90. The van der Waals surface area contributed by atoms with Crippen molar-refractivity contribution in [3.05, 3.63) is 59.7 Å². The SMILES string of the molecule is CC1(C(=O)O)CCN(C(=O)C2(NC(=O)OCC3c4ccccc4-c4ccccc43)CC2)CC1. The Morgan fingerprint density at radius 3 is 2.03 bits per heavy atom. The highest BCUT2D eigenvalue weighted by Gasteiger charge is 2.54. The fraction of sp³-hybridized carbons (Fsp3) is 0.423. The molecule has 33 heavy (non-hydrogen) atoms. The Hall–Kier alpha value is -3.35. The van der Waals surface area contributed by atoms with Crippen molar-refractivity contribution in [3.63, 3.8) is 0 Å². The Bertz CT molecular complexity index is 1070. The van der Waals surface area contributed by atoms with Crippen molar-refractivity contribution < 1.29 is 24.2 Å². The second-order valence-corrected chi connectivity index (χ2v) is 9.69. The molecular formula is C26H28N2O5. The first-order valence-corrected chi connectivity index (χ1v) is 11.5. The molecule has 172 valence electrons. The van der Waals surface area contributed by atoms with Gasteiger partial charge in [-0.15, -0.1) is 0 Å². The number of fused-ring (bicyclic) bond motifs is 3. The molecule has 0 unspecified atom stereocenters. The molecule has 1 aliphatic heterocycles. The first-order valence-electron chi connectivity index (χ1n) is 11.5. The van der Waals surface area contributed by atoms with E-state index in [4.69, 9.17) is 4.74 Å². The number of amides is 2. The summed E-state index contributed by atoms with van der Waals surface area (Å²) in [7, 11) is 0. The highest BCUT2D eigenvalue weighted by molar-refractivity contribution is 5.93. The van der Waals surface area contributed by atoms with Crippen LogP contribution >= 0.6 is 0 Å². The lowest BCUT2D eigenvalue weighted by molar-refractivity contribution is -0.153. The normalized spacial score (nSPS) is 19.8. The van der Waals surface area contributed by atoms with Gasteiger partial charge in [0.2, 0.25) is 5.91 Å². The zero-order valence-corrected chi connectivity index (χ0v) is 18.7. The average Bonchev–Trinajstić information content (AvgIpc) is 3.53. The van der Waals surface area contributed by atoms with Gasteiger partial charge in [-0.2, -0.15) is 0 Å². The van der Waals surface area contributed by atoms with Crippen LogP contribution < -0.4 is 5.32 Å². The van der Waals surface area contributed by atoms with Crippen molar-refractivity contribution in [1.82, 2.24) is 10.2 Å². The van der Waals surface area contributed by atoms with Gasteiger partial charge >= 0.3 is 12.1 Å². The number of likely N-dealkylation sites (tertiary alicyclic amines) is 1. The van der Waals surface area contributed by atoms with E-state index < -0.39 is 23.0 Å². The van der Waals surface area contributed by atoms with E-state index in [1.54, 1.807) is 11.8 Å². The predicted molar refractivity (Wildman–Crippen MR) is 122 cm³/mol. The second-order valence-electron chi connectivity index (χ2n) is 9.69. The minimum atomic E-state index is -0.917. The van der Waals surface area contributed by atoms with E-state index in [0.29, 0.717) is 38.8 Å². The van der Waals surface area contributed by atoms with Gasteiger partial charge in [-0.25, -0.2) is 4.79 Å². The molecule has 7 heteroatoms. The van der Waals surface area contributed by atoms with Crippen molar-refractivity contribution in [2.45, 2.75) is 44.1 Å². The van der Waals surface area contributed by atoms with Gasteiger partial charge in [0.15, 0.2) is 0 Å². The fourth-order valence-electron chi connectivity index (χ4n) is 5.07. The largest absolute Gasteiger partial charge is 0.481 e. The van der Waals surface area contributed by atoms with Gasteiger partial charge in [0.1, 0.15) is 12.1 Å². The fourth-order valence-corrected chi connectivity index (χ4v) is 5.07. The minimum Gasteiger partial charge on any atom is -0.481 e. The molecule has 1 heterocycles. The number of rotatable bonds is 5. The van der Waals surface area contributed by atoms with Gasteiger partial charge in [-0.3, -0.25) is 9.59 Å². The molecule has 2 aliphatic carbocycles.